The summed E-state index contributed by atoms with van der Waals surface area (Å²) in [5.74, 6) is -3.73. The van der Waals surface area contributed by atoms with E-state index in [1.807, 2.05) is 6.07 Å². The molecular formula is C17H11ClF3NO4S. The van der Waals surface area contributed by atoms with Gasteiger partial charge in [-0.1, -0.05) is 11.6 Å². The van der Waals surface area contributed by atoms with Crippen LogP contribution in [-0.4, -0.2) is 25.5 Å². The number of halogens is 4. The van der Waals surface area contributed by atoms with Crippen LogP contribution in [0, 0.1) is 11.3 Å². The molecule has 0 amide bonds. The predicted molar refractivity (Wildman–Crippen MR) is 89.5 cm³/mol. The smallest absolute Gasteiger partial charge is 0.281 e. The molecule has 27 heavy (non-hydrogen) atoms. The third-order valence-corrected chi connectivity index (χ3v) is 5.60. The van der Waals surface area contributed by atoms with Gasteiger partial charge in [-0.2, -0.15) is 5.26 Å². The van der Waals surface area contributed by atoms with Gasteiger partial charge in [0.25, 0.3) is 5.92 Å². The highest BCUT2D eigenvalue weighted by Crippen LogP contribution is 2.49. The normalized spacial score (nSPS) is 18.0. The van der Waals surface area contributed by atoms with Crippen molar-refractivity contribution in [1.82, 2.24) is 0 Å². The van der Waals surface area contributed by atoms with Crippen LogP contribution in [0.25, 0.3) is 0 Å². The van der Waals surface area contributed by atoms with E-state index < -0.39 is 44.8 Å². The number of hydrogen-bond acceptors (Lipinski definition) is 5. The van der Waals surface area contributed by atoms with Gasteiger partial charge < -0.3 is 9.84 Å². The maximum absolute atomic E-state index is 14.0. The van der Waals surface area contributed by atoms with E-state index in [1.165, 1.54) is 18.2 Å². The molecule has 3 rings (SSSR count). The number of alkyl halides is 3. The Morgan fingerprint density at radius 3 is 2.67 bits per heavy atom. The summed E-state index contributed by atoms with van der Waals surface area (Å²) in [6, 6.07) is 6.09. The average molecular weight is 418 g/mol. The molecule has 0 spiro atoms. The summed E-state index contributed by atoms with van der Waals surface area (Å²) in [6.07, 6.45) is -3.40. The zero-order valence-corrected chi connectivity index (χ0v) is 15.0. The van der Waals surface area contributed by atoms with Crippen LogP contribution >= 0.6 is 11.6 Å². The molecule has 1 N–H and O–H groups in total. The summed E-state index contributed by atoms with van der Waals surface area (Å²) >= 11 is 5.87. The summed E-state index contributed by atoms with van der Waals surface area (Å²) in [6.45, 7) is 0. The van der Waals surface area contributed by atoms with Crippen molar-refractivity contribution < 1.29 is 31.4 Å². The van der Waals surface area contributed by atoms with Crippen LogP contribution in [0.3, 0.4) is 0 Å². The van der Waals surface area contributed by atoms with Gasteiger partial charge in [0.1, 0.15) is 17.6 Å². The van der Waals surface area contributed by atoms with Crippen LogP contribution in [0.1, 0.15) is 22.8 Å². The molecule has 0 saturated heterocycles. The second kappa shape index (κ2) is 6.71. The number of aliphatic hydroxyl groups excluding tert-OH is 1. The minimum absolute atomic E-state index is 0.0621. The Morgan fingerprint density at radius 2 is 2.04 bits per heavy atom. The van der Waals surface area contributed by atoms with Gasteiger partial charge in [-0.05, 0) is 30.3 Å². The van der Waals surface area contributed by atoms with Crippen LogP contribution in [0.5, 0.6) is 11.5 Å². The van der Waals surface area contributed by atoms with Crippen LogP contribution in [0.4, 0.5) is 13.2 Å². The van der Waals surface area contributed by atoms with E-state index in [4.69, 9.17) is 21.6 Å². The minimum Gasteiger partial charge on any atom is -0.457 e. The first-order valence-electron chi connectivity index (χ1n) is 7.48. The Hall–Kier alpha value is -2.28. The van der Waals surface area contributed by atoms with Crippen molar-refractivity contribution in [1.29, 1.82) is 5.26 Å². The number of benzene rings is 2. The Balaban J connectivity index is 2.15. The maximum Gasteiger partial charge on any atom is 0.281 e. The van der Waals surface area contributed by atoms with Crippen molar-refractivity contribution in [2.75, 3.05) is 6.01 Å². The molecule has 0 heterocycles. The van der Waals surface area contributed by atoms with E-state index in [9.17, 15) is 26.7 Å². The number of aliphatic hydroxyl groups is 1. The van der Waals surface area contributed by atoms with Crippen molar-refractivity contribution in [3.63, 3.8) is 0 Å². The van der Waals surface area contributed by atoms with Gasteiger partial charge in [0.05, 0.1) is 16.5 Å². The average Bonchev–Trinajstić information content (AvgIpc) is 2.85. The van der Waals surface area contributed by atoms with Crippen LogP contribution in [0.15, 0.2) is 35.2 Å². The van der Waals surface area contributed by atoms with E-state index >= 15 is 0 Å². The molecule has 2 aromatic rings. The number of fused-ring (bicyclic) bond motifs is 1. The van der Waals surface area contributed by atoms with Gasteiger partial charge >= 0.3 is 0 Å². The van der Waals surface area contributed by atoms with Gasteiger partial charge in [-0.3, -0.25) is 0 Å². The molecule has 0 bridgehead atoms. The van der Waals surface area contributed by atoms with E-state index in [1.54, 1.807) is 0 Å². The van der Waals surface area contributed by atoms with Crippen LogP contribution in [-0.2, 0) is 16.3 Å². The lowest BCUT2D eigenvalue weighted by molar-refractivity contribution is -0.0976. The molecule has 5 nitrogen and oxygen atoms in total. The number of hydrogen-bond donors (Lipinski definition) is 1. The molecule has 2 aromatic carbocycles. The molecule has 0 fully saturated rings. The topological polar surface area (TPSA) is 87.4 Å². The summed E-state index contributed by atoms with van der Waals surface area (Å²) in [5.41, 5.74) is -0.672. The summed E-state index contributed by atoms with van der Waals surface area (Å²) in [4.78, 5) is -0.708. The zero-order valence-electron chi connectivity index (χ0n) is 13.4. The highest BCUT2D eigenvalue weighted by molar-refractivity contribution is 7.91. The number of nitriles is 1. The molecule has 0 radical (unpaired) electrons. The molecule has 142 valence electrons. The Kier molecular flexibility index (Phi) is 4.84. The highest BCUT2D eigenvalue weighted by atomic mass is 35.5. The van der Waals surface area contributed by atoms with E-state index in [-0.39, 0.29) is 27.6 Å². The number of nitrogens with zero attached hydrogens (tertiary/aromatic N) is 1. The molecule has 0 unspecified atom stereocenters. The minimum atomic E-state index is -4.49. The van der Waals surface area contributed by atoms with Gasteiger partial charge in [0, 0.05) is 22.6 Å². The molecule has 1 aliphatic rings. The molecule has 1 aliphatic carbocycles. The lowest BCUT2D eigenvalue weighted by Gasteiger charge is -2.16. The van der Waals surface area contributed by atoms with Gasteiger partial charge in [0.2, 0.25) is 9.84 Å². The van der Waals surface area contributed by atoms with Crippen molar-refractivity contribution >= 4 is 21.4 Å². The van der Waals surface area contributed by atoms with Gasteiger partial charge in [-0.15, -0.1) is 0 Å². The van der Waals surface area contributed by atoms with Crippen molar-refractivity contribution in [2.24, 2.45) is 0 Å². The fourth-order valence-electron chi connectivity index (χ4n) is 2.89. The standard InChI is InChI=1S/C17H11ClF3NO4S/c18-10-3-9(7-22)4-11(5-10)26-13-1-2-14(27(24,25)8-19)15-12(13)6-17(20,21)16(15)23/h1-5,16,23H,6,8H2/t16-/m0/s1. The third kappa shape index (κ3) is 3.48. The lowest BCUT2D eigenvalue weighted by Crippen LogP contribution is -2.22. The van der Waals surface area contributed by atoms with E-state index in [0.29, 0.717) is 0 Å². The van der Waals surface area contributed by atoms with Gasteiger partial charge in [-0.25, -0.2) is 21.6 Å². The molecule has 10 heteroatoms. The Labute approximate surface area is 157 Å². The number of sulfone groups is 1. The molecule has 1 atom stereocenters. The Morgan fingerprint density at radius 1 is 1.33 bits per heavy atom. The lowest BCUT2D eigenvalue weighted by atomic mass is 10.1. The quantitative estimate of drug-likeness (QED) is 0.814. The predicted octanol–water partition coefficient (Wildman–Crippen LogP) is 3.93. The second-order valence-corrected chi connectivity index (χ2v) is 8.23. The fraction of sp³-hybridized carbons (Fsp3) is 0.235. The van der Waals surface area contributed by atoms with Crippen LogP contribution < -0.4 is 4.74 Å². The molecule has 0 saturated carbocycles. The van der Waals surface area contributed by atoms with Crippen molar-refractivity contribution in [3.8, 4) is 17.6 Å². The van der Waals surface area contributed by atoms with Crippen LogP contribution in [0.2, 0.25) is 5.02 Å². The molecular weight excluding hydrogens is 407 g/mol. The highest BCUT2D eigenvalue weighted by Gasteiger charge is 2.50. The van der Waals surface area contributed by atoms with E-state index in [0.717, 1.165) is 12.1 Å². The van der Waals surface area contributed by atoms with Gasteiger partial charge in [0.15, 0.2) is 6.01 Å². The van der Waals surface area contributed by atoms with E-state index in [2.05, 4.69) is 0 Å². The number of rotatable bonds is 4. The number of ether oxygens (including phenoxy) is 1. The van der Waals surface area contributed by atoms with Crippen molar-refractivity contribution in [3.05, 3.63) is 52.0 Å². The Bertz CT molecular complexity index is 1070. The summed E-state index contributed by atoms with van der Waals surface area (Å²) < 4.78 is 70.3. The summed E-state index contributed by atoms with van der Waals surface area (Å²) in [7, 11) is -4.49. The fourth-order valence-corrected chi connectivity index (χ4v) is 4.08. The summed E-state index contributed by atoms with van der Waals surface area (Å²) in [5, 5.41) is 19.0. The SMILES string of the molecule is N#Cc1cc(Cl)cc(Oc2ccc(S(=O)(=O)CF)c3c2CC(F)(F)[C@H]3O)c1. The molecule has 0 aliphatic heterocycles. The second-order valence-electron chi connectivity index (χ2n) is 5.91. The van der Waals surface area contributed by atoms with Crippen molar-refractivity contribution in [2.45, 2.75) is 23.3 Å². The zero-order chi connectivity index (χ0) is 20.0. The first kappa shape index (κ1) is 19.5. The first-order chi connectivity index (χ1) is 12.6. The molecule has 0 aromatic heterocycles. The largest absolute Gasteiger partial charge is 0.457 e. The third-order valence-electron chi connectivity index (χ3n) is 4.07. The maximum atomic E-state index is 14.0. The first-order valence-corrected chi connectivity index (χ1v) is 9.51. The monoisotopic (exact) mass is 417 g/mol.